The van der Waals surface area contributed by atoms with Gasteiger partial charge in [0.25, 0.3) is 0 Å². The molecule has 1 amide bonds. The van der Waals surface area contributed by atoms with Gasteiger partial charge in [-0.3, -0.25) is 4.79 Å². The van der Waals surface area contributed by atoms with Crippen molar-refractivity contribution in [2.75, 3.05) is 11.1 Å². The first-order chi connectivity index (χ1) is 12.7. The fourth-order valence-electron chi connectivity index (χ4n) is 2.63. The van der Waals surface area contributed by atoms with Gasteiger partial charge in [-0.2, -0.15) is 0 Å². The van der Waals surface area contributed by atoms with E-state index in [-0.39, 0.29) is 5.91 Å². The first-order valence-corrected chi connectivity index (χ1v) is 8.60. The van der Waals surface area contributed by atoms with Crippen LogP contribution in [0.5, 0.6) is 5.75 Å². The van der Waals surface area contributed by atoms with Gasteiger partial charge in [0.1, 0.15) is 12.4 Å². The summed E-state index contributed by atoms with van der Waals surface area (Å²) < 4.78 is 5.79. The Bertz CT molecular complexity index is 863. The quantitative estimate of drug-likeness (QED) is 0.623. The molecule has 4 nitrogen and oxygen atoms in total. The van der Waals surface area contributed by atoms with Gasteiger partial charge < -0.3 is 15.8 Å². The largest absolute Gasteiger partial charge is 0.489 e. The van der Waals surface area contributed by atoms with Crippen molar-refractivity contribution in [3.8, 4) is 5.75 Å². The van der Waals surface area contributed by atoms with Crippen molar-refractivity contribution in [2.45, 2.75) is 19.4 Å². The predicted octanol–water partition coefficient (Wildman–Crippen LogP) is 4.42. The maximum atomic E-state index is 12.2. The third-order valence-electron chi connectivity index (χ3n) is 3.96. The Morgan fingerprint density at radius 1 is 0.885 bits per heavy atom. The normalized spacial score (nSPS) is 10.3. The van der Waals surface area contributed by atoms with Gasteiger partial charge in [0.05, 0.1) is 0 Å². The standard InChI is InChI=1S/C22H22N2O2/c23-19-9-4-8-17(14-19)12-13-22(25)24-20-10-5-11-21(15-20)26-16-18-6-2-1-3-7-18/h1-11,14-15H,12-13,16,23H2,(H,24,25). The van der Waals surface area contributed by atoms with Gasteiger partial charge in [-0.25, -0.2) is 0 Å². The van der Waals surface area contributed by atoms with Crippen molar-refractivity contribution in [1.29, 1.82) is 0 Å². The number of carbonyl (C=O) groups excluding carboxylic acids is 1. The minimum Gasteiger partial charge on any atom is -0.489 e. The van der Waals surface area contributed by atoms with E-state index in [0.717, 1.165) is 22.6 Å². The number of benzene rings is 3. The highest BCUT2D eigenvalue weighted by Crippen LogP contribution is 2.19. The predicted molar refractivity (Wildman–Crippen MR) is 105 cm³/mol. The van der Waals surface area contributed by atoms with Crippen LogP contribution in [-0.2, 0) is 17.8 Å². The van der Waals surface area contributed by atoms with Crippen molar-refractivity contribution in [3.63, 3.8) is 0 Å². The van der Waals surface area contributed by atoms with Crippen molar-refractivity contribution < 1.29 is 9.53 Å². The molecule has 3 aromatic carbocycles. The number of rotatable bonds is 7. The molecule has 0 bridgehead atoms. The molecule has 3 aromatic rings. The number of aryl methyl sites for hydroxylation is 1. The van der Waals surface area contributed by atoms with Gasteiger partial charge in [-0.15, -0.1) is 0 Å². The highest BCUT2D eigenvalue weighted by atomic mass is 16.5. The summed E-state index contributed by atoms with van der Waals surface area (Å²) in [5.41, 5.74) is 9.36. The van der Waals surface area contributed by atoms with E-state index in [4.69, 9.17) is 10.5 Å². The van der Waals surface area contributed by atoms with Gasteiger partial charge in [-0.05, 0) is 41.8 Å². The van der Waals surface area contributed by atoms with Gasteiger partial charge in [-0.1, -0.05) is 48.5 Å². The smallest absolute Gasteiger partial charge is 0.224 e. The lowest BCUT2D eigenvalue weighted by Crippen LogP contribution is -2.12. The molecule has 0 aliphatic carbocycles. The number of amides is 1. The second kappa shape index (κ2) is 8.72. The van der Waals surface area contributed by atoms with E-state index in [1.165, 1.54) is 0 Å². The van der Waals surface area contributed by atoms with Crippen LogP contribution in [0.3, 0.4) is 0 Å². The van der Waals surface area contributed by atoms with Crippen molar-refractivity contribution in [1.82, 2.24) is 0 Å². The molecule has 0 unspecified atom stereocenters. The minimum absolute atomic E-state index is 0.0346. The van der Waals surface area contributed by atoms with Crippen molar-refractivity contribution in [3.05, 3.63) is 90.0 Å². The molecular weight excluding hydrogens is 324 g/mol. The zero-order valence-corrected chi connectivity index (χ0v) is 14.5. The highest BCUT2D eigenvalue weighted by Gasteiger charge is 2.05. The van der Waals surface area contributed by atoms with Crippen molar-refractivity contribution >= 4 is 17.3 Å². The summed E-state index contributed by atoms with van der Waals surface area (Å²) in [4.78, 5) is 12.2. The van der Waals surface area contributed by atoms with Crippen LogP contribution in [0, 0.1) is 0 Å². The maximum absolute atomic E-state index is 12.2. The summed E-state index contributed by atoms with van der Waals surface area (Å²) in [6, 6.07) is 25.0. The molecule has 0 heterocycles. The van der Waals surface area contributed by atoms with Gasteiger partial charge in [0.15, 0.2) is 0 Å². The number of anilines is 2. The Morgan fingerprint density at radius 2 is 1.65 bits per heavy atom. The molecule has 26 heavy (non-hydrogen) atoms. The molecular formula is C22H22N2O2. The molecule has 3 rings (SSSR count). The van der Waals surface area contributed by atoms with Crippen LogP contribution < -0.4 is 15.8 Å². The zero-order chi connectivity index (χ0) is 18.2. The van der Waals surface area contributed by atoms with E-state index in [0.29, 0.717) is 25.1 Å². The van der Waals surface area contributed by atoms with Crippen LogP contribution in [-0.4, -0.2) is 5.91 Å². The van der Waals surface area contributed by atoms with E-state index in [9.17, 15) is 4.79 Å². The number of nitrogen functional groups attached to an aromatic ring is 1. The second-order valence-electron chi connectivity index (χ2n) is 6.10. The van der Waals surface area contributed by atoms with E-state index in [2.05, 4.69) is 5.32 Å². The molecule has 0 aromatic heterocycles. The van der Waals surface area contributed by atoms with Crippen LogP contribution in [0.2, 0.25) is 0 Å². The molecule has 0 atom stereocenters. The first kappa shape index (κ1) is 17.5. The Kier molecular flexibility index (Phi) is 5.88. The van der Waals surface area contributed by atoms with Crippen LogP contribution >= 0.6 is 0 Å². The van der Waals surface area contributed by atoms with Gasteiger partial charge >= 0.3 is 0 Å². The third-order valence-corrected chi connectivity index (χ3v) is 3.96. The van der Waals surface area contributed by atoms with Crippen molar-refractivity contribution in [2.24, 2.45) is 0 Å². The molecule has 0 spiro atoms. The maximum Gasteiger partial charge on any atom is 0.224 e. The topological polar surface area (TPSA) is 64.4 Å². The summed E-state index contributed by atoms with van der Waals surface area (Å²) in [5.74, 6) is 0.690. The summed E-state index contributed by atoms with van der Waals surface area (Å²) in [6.07, 6.45) is 1.06. The molecule has 0 radical (unpaired) electrons. The lowest BCUT2D eigenvalue weighted by molar-refractivity contribution is -0.116. The zero-order valence-electron chi connectivity index (χ0n) is 14.5. The number of nitrogens with one attached hydrogen (secondary N) is 1. The van der Waals surface area contributed by atoms with Crippen LogP contribution in [0.1, 0.15) is 17.5 Å². The Morgan fingerprint density at radius 3 is 2.46 bits per heavy atom. The number of carbonyl (C=O) groups is 1. The SMILES string of the molecule is Nc1cccc(CCC(=O)Nc2cccc(OCc3ccccc3)c2)c1. The summed E-state index contributed by atoms with van der Waals surface area (Å²) in [5, 5.41) is 2.92. The molecule has 4 heteroatoms. The molecule has 132 valence electrons. The lowest BCUT2D eigenvalue weighted by Gasteiger charge is -2.09. The average molecular weight is 346 g/mol. The third kappa shape index (κ3) is 5.38. The Hall–Kier alpha value is -3.27. The van der Waals surface area contributed by atoms with Crippen LogP contribution in [0.25, 0.3) is 0 Å². The average Bonchev–Trinajstić information content (AvgIpc) is 2.66. The van der Waals surface area contributed by atoms with E-state index in [1.807, 2.05) is 78.9 Å². The molecule has 0 saturated carbocycles. The van der Waals surface area contributed by atoms with Crippen LogP contribution in [0.15, 0.2) is 78.9 Å². The molecule has 0 saturated heterocycles. The van der Waals surface area contributed by atoms with E-state index in [1.54, 1.807) is 0 Å². The number of ether oxygens (including phenoxy) is 1. The first-order valence-electron chi connectivity index (χ1n) is 8.60. The summed E-state index contributed by atoms with van der Waals surface area (Å²) in [7, 11) is 0. The fourth-order valence-corrected chi connectivity index (χ4v) is 2.63. The molecule has 0 aliphatic heterocycles. The minimum atomic E-state index is -0.0346. The number of nitrogens with two attached hydrogens (primary N) is 1. The molecule has 0 aliphatic rings. The lowest BCUT2D eigenvalue weighted by atomic mass is 10.1. The fraction of sp³-hybridized carbons (Fsp3) is 0.136. The monoisotopic (exact) mass is 346 g/mol. The molecule has 3 N–H and O–H groups in total. The Balaban J connectivity index is 1.52. The number of hydrogen-bond donors (Lipinski definition) is 2. The number of hydrogen-bond acceptors (Lipinski definition) is 3. The van der Waals surface area contributed by atoms with Gasteiger partial charge in [0, 0.05) is 23.9 Å². The summed E-state index contributed by atoms with van der Waals surface area (Å²) >= 11 is 0. The Labute approximate surface area is 153 Å². The highest BCUT2D eigenvalue weighted by molar-refractivity contribution is 5.91. The van der Waals surface area contributed by atoms with Gasteiger partial charge in [0.2, 0.25) is 5.91 Å². The van der Waals surface area contributed by atoms with E-state index < -0.39 is 0 Å². The van der Waals surface area contributed by atoms with Crippen LogP contribution in [0.4, 0.5) is 11.4 Å². The molecule has 0 fully saturated rings. The van der Waals surface area contributed by atoms with E-state index >= 15 is 0 Å². The second-order valence-corrected chi connectivity index (χ2v) is 6.10. The summed E-state index contributed by atoms with van der Waals surface area (Å²) in [6.45, 7) is 0.494.